The predicted molar refractivity (Wildman–Crippen MR) is 169 cm³/mol. The number of aryl methyl sites for hydroxylation is 1. The zero-order valence-corrected chi connectivity index (χ0v) is 27.5. The van der Waals surface area contributed by atoms with E-state index in [4.69, 9.17) is 16.3 Å². The van der Waals surface area contributed by atoms with E-state index >= 15 is 0 Å². The van der Waals surface area contributed by atoms with Gasteiger partial charge in [0.1, 0.15) is 17.8 Å². The second-order valence-electron chi connectivity index (χ2n) is 12.9. The Bertz CT molecular complexity index is 1330. The van der Waals surface area contributed by atoms with Crippen molar-refractivity contribution in [1.82, 2.24) is 20.5 Å². The van der Waals surface area contributed by atoms with Crippen LogP contribution in [0.2, 0.25) is 0 Å². The minimum Gasteiger partial charge on any atom is -0.493 e. The minimum absolute atomic E-state index is 0.0544. The summed E-state index contributed by atoms with van der Waals surface area (Å²) in [4.78, 5) is 46.4. The molecule has 0 radical (unpaired) electrons. The number of β-amino-alcohol motifs (C(OH)–C–C–N with tert-alkyl or cyclic N) is 1. The van der Waals surface area contributed by atoms with Gasteiger partial charge >= 0.3 is 0 Å². The summed E-state index contributed by atoms with van der Waals surface area (Å²) in [6, 6.07) is 3.85. The molecule has 1 saturated heterocycles. The Morgan fingerprint density at radius 2 is 1.95 bits per heavy atom. The van der Waals surface area contributed by atoms with Gasteiger partial charge in [0.15, 0.2) is 5.67 Å². The van der Waals surface area contributed by atoms with Crippen LogP contribution in [0, 0.1) is 12.3 Å². The first-order chi connectivity index (χ1) is 20.8. The van der Waals surface area contributed by atoms with Gasteiger partial charge in [-0.3, -0.25) is 14.4 Å². The maximum Gasteiger partial charge on any atom is 0.258 e. The number of aliphatic hydroxyl groups is 1. The standard InChI is InChI=1S/C32H44ClFN4O5S/c1-20-26(44-19-36-20)21-9-10-22(25(15-21)43-14-8-6-5-7-13-33)17-35-28(40)24-16-23(39)18-38(24)29(41)27(31(2,3)4)37-30(42)32(34)11-12-32/h9-10,15,19,23-24,27,39H,5-8,11-14,16-18H2,1-4H3,(H,35,40)(H,37,42)/t23?,24?,27-/m1/s1. The van der Waals surface area contributed by atoms with Gasteiger partial charge in [0.25, 0.3) is 5.91 Å². The number of amides is 3. The molecule has 3 amide bonds. The fourth-order valence-electron chi connectivity index (χ4n) is 5.31. The maximum atomic E-state index is 14.5. The summed E-state index contributed by atoms with van der Waals surface area (Å²) in [5.74, 6) is -0.453. The molecule has 1 aliphatic heterocycles. The maximum absolute atomic E-state index is 14.5. The van der Waals surface area contributed by atoms with Crippen LogP contribution in [0.25, 0.3) is 10.4 Å². The normalized spacial score (nSPS) is 19.8. The Morgan fingerprint density at radius 1 is 1.23 bits per heavy atom. The number of aliphatic hydroxyl groups excluding tert-OH is 1. The van der Waals surface area contributed by atoms with Crippen LogP contribution >= 0.6 is 22.9 Å². The summed E-state index contributed by atoms with van der Waals surface area (Å²) in [7, 11) is 0. The lowest BCUT2D eigenvalue weighted by Crippen LogP contribution is -2.59. The molecule has 12 heteroatoms. The second-order valence-corrected chi connectivity index (χ2v) is 14.1. The number of carbonyl (C=O) groups is 3. The Labute approximate surface area is 267 Å². The molecule has 0 bridgehead atoms. The predicted octanol–water partition coefficient (Wildman–Crippen LogP) is 4.91. The number of nitrogens with zero attached hydrogens (tertiary/aromatic N) is 2. The van der Waals surface area contributed by atoms with Crippen LogP contribution in [0.15, 0.2) is 23.7 Å². The zero-order chi connectivity index (χ0) is 32.1. The van der Waals surface area contributed by atoms with Crippen molar-refractivity contribution in [2.24, 2.45) is 5.41 Å². The lowest BCUT2D eigenvalue weighted by Gasteiger charge is -2.35. The van der Waals surface area contributed by atoms with E-state index in [0.29, 0.717) is 18.2 Å². The third-order valence-electron chi connectivity index (χ3n) is 8.16. The molecule has 44 heavy (non-hydrogen) atoms. The summed E-state index contributed by atoms with van der Waals surface area (Å²) in [5.41, 5.74) is 1.79. The van der Waals surface area contributed by atoms with Gasteiger partial charge in [-0.2, -0.15) is 0 Å². The van der Waals surface area contributed by atoms with E-state index in [2.05, 4.69) is 15.6 Å². The number of unbranched alkanes of at least 4 members (excludes halogenated alkanes) is 3. The number of likely N-dealkylation sites (tertiary alicyclic amines) is 1. The van der Waals surface area contributed by atoms with Crippen molar-refractivity contribution in [3.63, 3.8) is 0 Å². The van der Waals surface area contributed by atoms with Gasteiger partial charge in [-0.05, 0) is 49.7 Å². The molecule has 2 fully saturated rings. The molecular weight excluding hydrogens is 607 g/mol. The topological polar surface area (TPSA) is 121 Å². The molecule has 2 unspecified atom stereocenters. The van der Waals surface area contributed by atoms with Crippen molar-refractivity contribution in [2.75, 3.05) is 19.0 Å². The van der Waals surface area contributed by atoms with Gasteiger partial charge in [0.05, 0.1) is 28.8 Å². The fraction of sp³-hybridized carbons (Fsp3) is 0.625. The Kier molecular flexibility index (Phi) is 11.3. The number of halogens is 2. The Balaban J connectivity index is 1.46. The summed E-state index contributed by atoms with van der Waals surface area (Å²) in [6.45, 7) is 7.88. The molecule has 4 rings (SSSR count). The highest BCUT2D eigenvalue weighted by molar-refractivity contribution is 7.13. The number of hydrogen-bond donors (Lipinski definition) is 3. The van der Waals surface area contributed by atoms with E-state index in [-0.39, 0.29) is 32.4 Å². The number of benzene rings is 1. The molecule has 2 heterocycles. The molecule has 2 aliphatic rings. The van der Waals surface area contributed by atoms with Crippen molar-refractivity contribution in [2.45, 2.75) is 103 Å². The number of thiazole rings is 1. The highest BCUT2D eigenvalue weighted by atomic mass is 35.5. The molecule has 3 atom stereocenters. The molecule has 1 aromatic carbocycles. The van der Waals surface area contributed by atoms with Crippen LogP contribution in [0.5, 0.6) is 5.75 Å². The molecule has 1 aliphatic carbocycles. The molecule has 9 nitrogen and oxygen atoms in total. The molecule has 0 spiro atoms. The summed E-state index contributed by atoms with van der Waals surface area (Å²) < 4.78 is 20.7. The minimum atomic E-state index is -1.94. The monoisotopic (exact) mass is 650 g/mol. The van der Waals surface area contributed by atoms with Gasteiger partial charge in [0.2, 0.25) is 11.8 Å². The lowest BCUT2D eigenvalue weighted by molar-refractivity contribution is -0.145. The number of nitrogens with one attached hydrogen (secondary N) is 2. The highest BCUT2D eigenvalue weighted by Gasteiger charge is 2.53. The Morgan fingerprint density at radius 3 is 2.59 bits per heavy atom. The summed E-state index contributed by atoms with van der Waals surface area (Å²) >= 11 is 7.34. The zero-order valence-electron chi connectivity index (χ0n) is 26.0. The van der Waals surface area contributed by atoms with Crippen LogP contribution in [-0.2, 0) is 20.9 Å². The average molecular weight is 651 g/mol. The first-order valence-electron chi connectivity index (χ1n) is 15.3. The number of alkyl halides is 2. The molecule has 2 aromatic rings. The molecule has 1 aromatic heterocycles. The number of aromatic nitrogens is 1. The van der Waals surface area contributed by atoms with E-state index in [1.54, 1.807) is 37.6 Å². The van der Waals surface area contributed by atoms with Crippen LogP contribution in [-0.4, -0.2) is 75.6 Å². The lowest BCUT2D eigenvalue weighted by atomic mass is 9.85. The smallest absolute Gasteiger partial charge is 0.258 e. The van der Waals surface area contributed by atoms with Gasteiger partial charge in [0, 0.05) is 31.0 Å². The van der Waals surface area contributed by atoms with Gasteiger partial charge < -0.3 is 25.4 Å². The van der Waals surface area contributed by atoms with Crippen molar-refractivity contribution in [3.8, 4) is 16.2 Å². The molecule has 1 saturated carbocycles. The first kappa shape index (κ1) is 34.1. The van der Waals surface area contributed by atoms with Crippen LogP contribution < -0.4 is 15.4 Å². The van der Waals surface area contributed by atoms with E-state index in [9.17, 15) is 23.9 Å². The van der Waals surface area contributed by atoms with Crippen molar-refractivity contribution >= 4 is 40.7 Å². The molecule has 3 N–H and O–H groups in total. The number of ether oxygens (including phenoxy) is 1. The van der Waals surface area contributed by atoms with Crippen LogP contribution in [0.4, 0.5) is 4.39 Å². The Hall–Kier alpha value is -2.76. The average Bonchev–Trinajstić information content (AvgIpc) is 3.38. The highest BCUT2D eigenvalue weighted by Crippen LogP contribution is 2.40. The van der Waals surface area contributed by atoms with E-state index in [0.717, 1.165) is 47.4 Å². The second kappa shape index (κ2) is 14.6. The SMILES string of the molecule is Cc1ncsc1-c1ccc(CNC(=O)C2CC(O)CN2C(=O)[C@@H](NC(=O)C2(F)CC2)C(C)(C)C)c(OCCCCCCCl)c1. The van der Waals surface area contributed by atoms with Crippen molar-refractivity contribution in [1.29, 1.82) is 0 Å². The number of rotatable bonds is 14. The summed E-state index contributed by atoms with van der Waals surface area (Å²) in [6.07, 6.45) is 3.29. The van der Waals surface area contributed by atoms with Crippen LogP contribution in [0.1, 0.15) is 77.0 Å². The van der Waals surface area contributed by atoms with Crippen molar-refractivity contribution in [3.05, 3.63) is 35.0 Å². The molecule has 242 valence electrons. The first-order valence-corrected chi connectivity index (χ1v) is 16.7. The molecular formula is C32H44ClFN4O5S. The van der Waals surface area contributed by atoms with E-state index < -0.39 is 47.0 Å². The number of hydrogen-bond acceptors (Lipinski definition) is 7. The quantitative estimate of drug-likeness (QED) is 0.197. The van der Waals surface area contributed by atoms with Crippen LogP contribution in [0.3, 0.4) is 0 Å². The van der Waals surface area contributed by atoms with Gasteiger partial charge in [-0.25, -0.2) is 9.37 Å². The summed E-state index contributed by atoms with van der Waals surface area (Å²) in [5, 5.41) is 16.0. The van der Waals surface area contributed by atoms with Gasteiger partial charge in [-0.1, -0.05) is 45.7 Å². The van der Waals surface area contributed by atoms with E-state index in [1.165, 1.54) is 4.90 Å². The number of carbonyl (C=O) groups excluding carboxylic acids is 3. The largest absolute Gasteiger partial charge is 0.493 e. The van der Waals surface area contributed by atoms with E-state index in [1.807, 2.05) is 25.1 Å². The van der Waals surface area contributed by atoms with Gasteiger partial charge in [-0.15, -0.1) is 22.9 Å². The third-order valence-corrected chi connectivity index (χ3v) is 9.41. The fourth-order valence-corrected chi connectivity index (χ4v) is 6.30. The third kappa shape index (κ3) is 8.48. The van der Waals surface area contributed by atoms with Crippen molar-refractivity contribution < 1.29 is 28.6 Å².